The van der Waals surface area contributed by atoms with Crippen LogP contribution in [-0.2, 0) is 17.8 Å². The van der Waals surface area contributed by atoms with Crippen LogP contribution in [0, 0.1) is 30.0 Å². The predicted octanol–water partition coefficient (Wildman–Crippen LogP) is 3.85. The van der Waals surface area contributed by atoms with Crippen LogP contribution in [0.3, 0.4) is 0 Å². The Bertz CT molecular complexity index is 949. The van der Waals surface area contributed by atoms with Crippen LogP contribution in [0.4, 0.5) is 10.2 Å². The maximum Gasteiger partial charge on any atom is 0.229 e. The van der Waals surface area contributed by atoms with Gasteiger partial charge in [-0.1, -0.05) is 31.2 Å². The summed E-state index contributed by atoms with van der Waals surface area (Å²) in [5, 5.41) is 7.43. The summed E-state index contributed by atoms with van der Waals surface area (Å²) >= 11 is 0. The van der Waals surface area contributed by atoms with Crippen LogP contribution in [0.5, 0.6) is 0 Å². The SMILES string of the molecule is CCc1nc(C)n(CC[C@@]2(C3C=CC=CC3)C[C@H]2C(=O)Nc2ccc(F)cn2)n1. The third kappa shape index (κ3) is 3.99. The van der Waals surface area contributed by atoms with E-state index in [1.807, 2.05) is 18.5 Å². The van der Waals surface area contributed by atoms with E-state index in [0.717, 1.165) is 50.1 Å². The highest BCUT2D eigenvalue weighted by molar-refractivity contribution is 5.94. The maximum atomic E-state index is 13.1. The molecule has 152 valence electrons. The molecule has 4 rings (SSSR count). The number of hydrogen-bond donors (Lipinski definition) is 1. The monoisotopic (exact) mass is 395 g/mol. The van der Waals surface area contributed by atoms with E-state index in [2.05, 4.69) is 44.7 Å². The van der Waals surface area contributed by atoms with Crippen molar-refractivity contribution in [1.29, 1.82) is 0 Å². The second-order valence-electron chi connectivity index (χ2n) is 7.90. The summed E-state index contributed by atoms with van der Waals surface area (Å²) < 4.78 is 15.0. The lowest BCUT2D eigenvalue weighted by Gasteiger charge is -2.26. The lowest BCUT2D eigenvalue weighted by atomic mass is 9.79. The second-order valence-corrected chi connectivity index (χ2v) is 7.90. The number of carbonyl (C=O) groups excluding carboxylic acids is 1. The minimum absolute atomic E-state index is 0.0448. The quantitative estimate of drug-likeness (QED) is 0.773. The molecule has 7 heteroatoms. The van der Waals surface area contributed by atoms with Crippen molar-refractivity contribution < 1.29 is 9.18 Å². The van der Waals surface area contributed by atoms with Crippen molar-refractivity contribution in [3.8, 4) is 0 Å². The van der Waals surface area contributed by atoms with Crippen molar-refractivity contribution in [2.24, 2.45) is 17.3 Å². The van der Waals surface area contributed by atoms with E-state index in [9.17, 15) is 9.18 Å². The van der Waals surface area contributed by atoms with Crippen LogP contribution >= 0.6 is 0 Å². The van der Waals surface area contributed by atoms with Crippen molar-refractivity contribution in [2.75, 3.05) is 5.32 Å². The summed E-state index contributed by atoms with van der Waals surface area (Å²) in [6.07, 6.45) is 13.1. The summed E-state index contributed by atoms with van der Waals surface area (Å²) in [5.41, 5.74) is -0.101. The highest BCUT2D eigenvalue weighted by atomic mass is 19.1. The zero-order valence-corrected chi connectivity index (χ0v) is 16.8. The Balaban J connectivity index is 1.49. The number of anilines is 1. The Morgan fingerprint density at radius 1 is 1.38 bits per heavy atom. The molecule has 2 heterocycles. The van der Waals surface area contributed by atoms with Gasteiger partial charge >= 0.3 is 0 Å². The van der Waals surface area contributed by atoms with Gasteiger partial charge < -0.3 is 5.32 Å². The minimum Gasteiger partial charge on any atom is -0.310 e. The van der Waals surface area contributed by atoms with Gasteiger partial charge in [-0.15, -0.1) is 0 Å². The van der Waals surface area contributed by atoms with Crippen LogP contribution in [0.2, 0.25) is 0 Å². The molecule has 1 amide bonds. The number of amides is 1. The fraction of sp³-hybridized carbons (Fsp3) is 0.455. The van der Waals surface area contributed by atoms with Crippen molar-refractivity contribution in [1.82, 2.24) is 19.7 Å². The molecule has 6 nitrogen and oxygen atoms in total. The van der Waals surface area contributed by atoms with Gasteiger partial charge in [0.2, 0.25) is 5.91 Å². The topological polar surface area (TPSA) is 72.7 Å². The molecule has 2 aliphatic rings. The van der Waals surface area contributed by atoms with Gasteiger partial charge in [0.15, 0.2) is 5.82 Å². The van der Waals surface area contributed by atoms with Gasteiger partial charge in [0.05, 0.1) is 6.20 Å². The lowest BCUT2D eigenvalue weighted by molar-refractivity contribution is -0.118. The first-order valence-corrected chi connectivity index (χ1v) is 10.2. The van der Waals surface area contributed by atoms with Crippen LogP contribution < -0.4 is 5.32 Å². The molecule has 1 unspecified atom stereocenters. The van der Waals surface area contributed by atoms with Gasteiger partial charge in [0, 0.05) is 18.9 Å². The fourth-order valence-electron chi connectivity index (χ4n) is 4.37. The number of aryl methyl sites for hydroxylation is 3. The Kier molecular flexibility index (Phi) is 5.30. The number of nitrogens with one attached hydrogen (secondary N) is 1. The van der Waals surface area contributed by atoms with Crippen LogP contribution in [-0.4, -0.2) is 25.7 Å². The summed E-state index contributed by atoms with van der Waals surface area (Å²) in [6.45, 7) is 4.76. The molecule has 1 N–H and O–H groups in total. The molecule has 2 aromatic rings. The smallest absolute Gasteiger partial charge is 0.229 e. The zero-order valence-electron chi connectivity index (χ0n) is 16.8. The molecule has 2 aliphatic carbocycles. The Labute approximate surface area is 169 Å². The molecule has 1 saturated carbocycles. The van der Waals surface area contributed by atoms with Gasteiger partial charge in [-0.3, -0.25) is 9.48 Å². The van der Waals surface area contributed by atoms with Gasteiger partial charge in [0.1, 0.15) is 17.5 Å². The molecular formula is C22H26FN5O. The van der Waals surface area contributed by atoms with E-state index in [-0.39, 0.29) is 17.2 Å². The molecule has 0 radical (unpaired) electrons. The number of halogens is 1. The normalized spacial score (nSPS) is 25.2. The Hall–Kier alpha value is -2.83. The Morgan fingerprint density at radius 2 is 2.24 bits per heavy atom. The number of carbonyl (C=O) groups is 1. The van der Waals surface area contributed by atoms with Gasteiger partial charge in [-0.05, 0) is 49.7 Å². The molecule has 0 spiro atoms. The summed E-state index contributed by atoms with van der Waals surface area (Å²) in [4.78, 5) is 21.4. The van der Waals surface area contributed by atoms with E-state index < -0.39 is 5.82 Å². The summed E-state index contributed by atoms with van der Waals surface area (Å²) in [7, 11) is 0. The maximum absolute atomic E-state index is 13.1. The average molecular weight is 395 g/mol. The first-order chi connectivity index (χ1) is 14.0. The second kappa shape index (κ2) is 7.89. The molecule has 2 aromatic heterocycles. The van der Waals surface area contributed by atoms with Crippen molar-refractivity contribution >= 4 is 11.7 Å². The van der Waals surface area contributed by atoms with E-state index >= 15 is 0 Å². The molecule has 1 fully saturated rings. The van der Waals surface area contributed by atoms with E-state index in [1.165, 1.54) is 12.1 Å². The van der Waals surface area contributed by atoms with Crippen LogP contribution in [0.1, 0.15) is 37.8 Å². The summed E-state index contributed by atoms with van der Waals surface area (Å²) in [6, 6.07) is 2.79. The molecule has 0 bridgehead atoms. The van der Waals surface area contributed by atoms with Crippen LogP contribution in [0.15, 0.2) is 42.6 Å². The van der Waals surface area contributed by atoms with Gasteiger partial charge in [-0.25, -0.2) is 14.4 Å². The third-order valence-electron chi connectivity index (χ3n) is 6.14. The fourth-order valence-corrected chi connectivity index (χ4v) is 4.37. The van der Waals surface area contributed by atoms with E-state index in [4.69, 9.17) is 0 Å². The Morgan fingerprint density at radius 3 is 2.90 bits per heavy atom. The highest BCUT2D eigenvalue weighted by Gasteiger charge is 2.60. The van der Waals surface area contributed by atoms with Crippen molar-refractivity contribution in [2.45, 2.75) is 46.1 Å². The van der Waals surface area contributed by atoms with Crippen molar-refractivity contribution in [3.05, 3.63) is 60.1 Å². The third-order valence-corrected chi connectivity index (χ3v) is 6.14. The number of pyridine rings is 1. The number of hydrogen-bond acceptors (Lipinski definition) is 4. The largest absolute Gasteiger partial charge is 0.310 e. The molecule has 29 heavy (non-hydrogen) atoms. The van der Waals surface area contributed by atoms with Gasteiger partial charge in [0.25, 0.3) is 0 Å². The average Bonchev–Trinajstić information content (AvgIpc) is 3.38. The van der Waals surface area contributed by atoms with E-state index in [0.29, 0.717) is 11.7 Å². The number of allylic oxidation sites excluding steroid dienone is 4. The lowest BCUT2D eigenvalue weighted by Crippen LogP contribution is -2.26. The molecule has 3 atom stereocenters. The zero-order chi connectivity index (χ0) is 20.4. The molecule has 0 aliphatic heterocycles. The number of aromatic nitrogens is 4. The first kappa shape index (κ1) is 19.5. The van der Waals surface area contributed by atoms with E-state index in [1.54, 1.807) is 0 Å². The number of rotatable bonds is 7. The predicted molar refractivity (Wildman–Crippen MR) is 109 cm³/mol. The first-order valence-electron chi connectivity index (χ1n) is 10.2. The minimum atomic E-state index is -0.419. The molecule has 0 saturated heterocycles. The highest BCUT2D eigenvalue weighted by Crippen LogP contribution is 2.62. The van der Waals surface area contributed by atoms with Gasteiger partial charge in [-0.2, -0.15) is 5.10 Å². The van der Waals surface area contributed by atoms with Crippen LogP contribution in [0.25, 0.3) is 0 Å². The standard InChI is InChI=1S/C22H26FN5O/c1-3-19-25-15(2)28(27-19)12-11-22(16-7-5-4-6-8-16)13-18(22)21(29)26-20-10-9-17(23)14-24-20/h4-7,9-10,14,16,18H,3,8,11-13H2,1-2H3,(H,24,26,29)/t16?,18-,22-/m0/s1. The summed E-state index contributed by atoms with van der Waals surface area (Å²) in [5.74, 6) is 1.91. The van der Waals surface area contributed by atoms with Crippen molar-refractivity contribution in [3.63, 3.8) is 0 Å². The number of nitrogens with zero attached hydrogens (tertiary/aromatic N) is 4. The molecule has 0 aromatic carbocycles. The molecular weight excluding hydrogens is 369 g/mol.